The molecule has 0 radical (unpaired) electrons. The molecule has 2 N–H and O–H groups in total. The molecule has 1 atom stereocenters. The van der Waals surface area contributed by atoms with Crippen molar-refractivity contribution in [3.05, 3.63) is 58.7 Å². The van der Waals surface area contributed by atoms with Gasteiger partial charge in [-0.05, 0) is 55.5 Å². The van der Waals surface area contributed by atoms with Crippen molar-refractivity contribution in [3.63, 3.8) is 0 Å². The van der Waals surface area contributed by atoms with Gasteiger partial charge in [0, 0.05) is 17.7 Å². The lowest BCUT2D eigenvalue weighted by atomic mass is 9.87. The normalized spacial score (nSPS) is 20.6. The van der Waals surface area contributed by atoms with E-state index in [1.54, 1.807) is 13.8 Å². The Labute approximate surface area is 226 Å². The molecule has 2 heterocycles. The van der Waals surface area contributed by atoms with E-state index in [9.17, 15) is 41.0 Å². The number of hydrogen-bond acceptors (Lipinski definition) is 5. The standard InChI is InChI=1S/C27H28F6N2O5/c1-3-6-18-19-15-40-25(26(28,29)30,27(31,32)33)20(19)11-12-21(18)39-14-5-4-13-35-22(37)24(2,34-23(35)38)16-7-9-17(36)10-8-16/h7-12,36H,3-6,13-15H2,1-2H3,(H,34,38). The minimum absolute atomic E-state index is 0.0130. The summed E-state index contributed by atoms with van der Waals surface area (Å²) in [4.78, 5) is 26.6. The molecule has 13 heteroatoms. The van der Waals surface area contributed by atoms with Gasteiger partial charge < -0.3 is 19.9 Å². The second-order valence-electron chi connectivity index (χ2n) is 9.90. The van der Waals surface area contributed by atoms with Crippen LogP contribution in [0, 0.1) is 0 Å². The number of phenolic OH excluding ortho intramolecular Hbond substituents is 1. The molecule has 3 amide bonds. The molecule has 0 spiro atoms. The molecule has 0 bridgehead atoms. The van der Waals surface area contributed by atoms with Crippen LogP contribution in [0.5, 0.6) is 11.5 Å². The highest BCUT2D eigenvalue weighted by Gasteiger charge is 2.75. The summed E-state index contributed by atoms with van der Waals surface area (Å²) >= 11 is 0. The van der Waals surface area contributed by atoms with Crippen LogP contribution in [0.3, 0.4) is 0 Å². The quantitative estimate of drug-likeness (QED) is 0.224. The van der Waals surface area contributed by atoms with Gasteiger partial charge in [-0.1, -0.05) is 31.5 Å². The number of carbonyl (C=O) groups excluding carboxylic acids is 2. The predicted octanol–water partition coefficient (Wildman–Crippen LogP) is 5.82. The van der Waals surface area contributed by atoms with Gasteiger partial charge in [0.1, 0.15) is 17.0 Å². The number of fused-ring (bicyclic) bond motifs is 1. The van der Waals surface area contributed by atoms with Crippen LogP contribution >= 0.6 is 0 Å². The van der Waals surface area contributed by atoms with Gasteiger partial charge in [0.05, 0.1) is 13.2 Å². The molecule has 1 fully saturated rings. The van der Waals surface area contributed by atoms with Crippen molar-refractivity contribution < 1.29 is 50.5 Å². The number of aromatic hydroxyl groups is 1. The maximum absolute atomic E-state index is 13.7. The summed E-state index contributed by atoms with van der Waals surface area (Å²) in [6.45, 7) is 2.57. The van der Waals surface area contributed by atoms with Gasteiger partial charge in [-0.25, -0.2) is 4.79 Å². The first-order valence-electron chi connectivity index (χ1n) is 12.7. The Balaban J connectivity index is 1.42. The molecule has 218 valence electrons. The third kappa shape index (κ3) is 4.84. The zero-order chi connectivity index (χ0) is 29.5. The van der Waals surface area contributed by atoms with Crippen molar-refractivity contribution in [3.8, 4) is 11.5 Å². The Bertz CT molecular complexity index is 1260. The second kappa shape index (κ2) is 10.5. The van der Waals surface area contributed by atoms with Crippen LogP contribution in [-0.4, -0.2) is 47.4 Å². The molecular formula is C27H28F6N2O5. The third-order valence-corrected chi connectivity index (χ3v) is 7.25. The highest BCUT2D eigenvalue weighted by atomic mass is 19.4. The molecule has 0 aliphatic carbocycles. The smallest absolute Gasteiger partial charge is 0.430 e. The lowest BCUT2D eigenvalue weighted by Gasteiger charge is -2.33. The third-order valence-electron chi connectivity index (χ3n) is 7.25. The zero-order valence-electron chi connectivity index (χ0n) is 21.7. The Morgan fingerprint density at radius 3 is 2.27 bits per heavy atom. The summed E-state index contributed by atoms with van der Waals surface area (Å²) < 4.78 is 92.4. The largest absolute Gasteiger partial charge is 0.508 e. The molecule has 1 saturated heterocycles. The molecule has 40 heavy (non-hydrogen) atoms. The van der Waals surface area contributed by atoms with Crippen LogP contribution in [0.15, 0.2) is 36.4 Å². The van der Waals surface area contributed by atoms with Gasteiger partial charge in [-0.3, -0.25) is 9.69 Å². The Kier molecular flexibility index (Phi) is 7.74. The number of amides is 3. The van der Waals surface area contributed by atoms with Gasteiger partial charge in [-0.2, -0.15) is 26.3 Å². The number of phenols is 1. The predicted molar refractivity (Wildman–Crippen MR) is 129 cm³/mol. The maximum Gasteiger partial charge on any atom is 0.430 e. The minimum atomic E-state index is -5.71. The minimum Gasteiger partial charge on any atom is -0.508 e. The first kappa shape index (κ1) is 29.5. The van der Waals surface area contributed by atoms with Crippen molar-refractivity contribution in [1.82, 2.24) is 10.2 Å². The average molecular weight is 575 g/mol. The number of alkyl halides is 6. The van der Waals surface area contributed by atoms with E-state index in [1.165, 1.54) is 24.3 Å². The molecular weight excluding hydrogens is 546 g/mol. The number of nitrogens with zero attached hydrogens (tertiary/aromatic N) is 1. The van der Waals surface area contributed by atoms with E-state index >= 15 is 0 Å². The maximum atomic E-state index is 13.7. The van der Waals surface area contributed by atoms with Crippen molar-refractivity contribution in [2.75, 3.05) is 13.2 Å². The summed E-state index contributed by atoms with van der Waals surface area (Å²) in [6, 6.07) is 7.17. The first-order chi connectivity index (χ1) is 18.7. The molecule has 2 aliphatic heterocycles. The number of hydrogen-bond donors (Lipinski definition) is 2. The number of rotatable bonds is 9. The van der Waals surface area contributed by atoms with Crippen LogP contribution < -0.4 is 10.1 Å². The molecule has 4 rings (SSSR count). The van der Waals surface area contributed by atoms with Gasteiger partial charge >= 0.3 is 18.4 Å². The molecule has 0 aromatic heterocycles. The van der Waals surface area contributed by atoms with E-state index in [1.807, 2.05) is 0 Å². The zero-order valence-corrected chi connectivity index (χ0v) is 21.7. The summed E-state index contributed by atoms with van der Waals surface area (Å²) in [6.07, 6.45) is -10.1. The number of ether oxygens (including phenoxy) is 2. The van der Waals surface area contributed by atoms with E-state index in [0.717, 1.165) is 17.0 Å². The van der Waals surface area contributed by atoms with Crippen LogP contribution in [0.25, 0.3) is 0 Å². The van der Waals surface area contributed by atoms with E-state index in [2.05, 4.69) is 10.1 Å². The SMILES string of the molecule is CCCc1c(OCCCCN2C(=O)NC(C)(c3ccc(O)cc3)C2=O)ccc2c1COC2(C(F)(F)F)C(F)(F)F. The lowest BCUT2D eigenvalue weighted by Crippen LogP contribution is -2.53. The Morgan fingerprint density at radius 2 is 1.68 bits per heavy atom. The molecule has 1 unspecified atom stereocenters. The number of halogens is 6. The number of benzene rings is 2. The summed E-state index contributed by atoms with van der Waals surface area (Å²) in [7, 11) is 0. The molecule has 2 aromatic carbocycles. The highest BCUT2D eigenvalue weighted by Crippen LogP contribution is 2.58. The van der Waals surface area contributed by atoms with Crippen LogP contribution in [0.4, 0.5) is 31.1 Å². The van der Waals surface area contributed by atoms with Crippen molar-refractivity contribution in [1.29, 1.82) is 0 Å². The average Bonchev–Trinajstić information content (AvgIpc) is 3.37. The lowest BCUT2D eigenvalue weighted by molar-refractivity contribution is -0.385. The van der Waals surface area contributed by atoms with Gasteiger partial charge in [0.15, 0.2) is 0 Å². The number of carbonyl (C=O) groups is 2. The van der Waals surface area contributed by atoms with Crippen molar-refractivity contribution in [2.24, 2.45) is 0 Å². The van der Waals surface area contributed by atoms with Gasteiger partial charge in [0.2, 0.25) is 0 Å². The van der Waals surface area contributed by atoms with Crippen LogP contribution in [0.1, 0.15) is 55.4 Å². The number of unbranched alkanes of at least 4 members (excludes halogenated alkanes) is 1. The summed E-state index contributed by atoms with van der Waals surface area (Å²) in [5.41, 5.74) is -6.12. The molecule has 7 nitrogen and oxygen atoms in total. The van der Waals surface area contributed by atoms with Crippen LogP contribution in [-0.2, 0) is 33.7 Å². The Morgan fingerprint density at radius 1 is 1.02 bits per heavy atom. The fourth-order valence-corrected chi connectivity index (χ4v) is 5.16. The monoisotopic (exact) mass is 574 g/mol. The topological polar surface area (TPSA) is 88.1 Å². The molecule has 2 aromatic rings. The van der Waals surface area contributed by atoms with Gasteiger partial charge in [-0.15, -0.1) is 0 Å². The summed E-state index contributed by atoms with van der Waals surface area (Å²) in [5.74, 6) is -0.288. The Hall–Kier alpha value is -3.48. The summed E-state index contributed by atoms with van der Waals surface area (Å²) in [5, 5.41) is 12.1. The van der Waals surface area contributed by atoms with Crippen molar-refractivity contribution >= 4 is 11.9 Å². The van der Waals surface area contributed by atoms with Crippen LogP contribution in [0.2, 0.25) is 0 Å². The number of nitrogens with one attached hydrogen (secondary N) is 1. The van der Waals surface area contributed by atoms with E-state index in [-0.39, 0.29) is 42.2 Å². The van der Waals surface area contributed by atoms with E-state index in [4.69, 9.17) is 4.74 Å². The fraction of sp³-hybridized carbons (Fsp3) is 0.481. The number of imide groups is 1. The highest BCUT2D eigenvalue weighted by molar-refractivity contribution is 6.07. The van der Waals surface area contributed by atoms with E-state index in [0.29, 0.717) is 24.8 Å². The second-order valence-corrected chi connectivity index (χ2v) is 9.90. The fourth-order valence-electron chi connectivity index (χ4n) is 5.16. The number of urea groups is 1. The van der Waals surface area contributed by atoms with Gasteiger partial charge in [0.25, 0.3) is 11.5 Å². The van der Waals surface area contributed by atoms with E-state index < -0.39 is 47.6 Å². The first-order valence-corrected chi connectivity index (χ1v) is 12.7. The van der Waals surface area contributed by atoms with Crippen molar-refractivity contribution in [2.45, 2.75) is 69.6 Å². The molecule has 0 saturated carbocycles. The molecule has 2 aliphatic rings.